The molecule has 0 bridgehead atoms. The lowest BCUT2D eigenvalue weighted by Gasteiger charge is -2.34. The van der Waals surface area contributed by atoms with E-state index >= 15 is 0 Å². The first-order chi connectivity index (χ1) is 14.3. The van der Waals surface area contributed by atoms with Crippen LogP contribution in [0.3, 0.4) is 0 Å². The number of nitrogens with zero attached hydrogens (tertiary/aromatic N) is 3. The van der Waals surface area contributed by atoms with Crippen molar-refractivity contribution in [1.29, 1.82) is 0 Å². The second-order valence-corrected chi connectivity index (χ2v) is 9.11. The number of aliphatic hydroxyl groups is 1. The Hall–Kier alpha value is -2.97. The Balaban J connectivity index is 1.58. The van der Waals surface area contributed by atoms with Gasteiger partial charge in [-0.15, -0.1) is 0 Å². The number of aliphatic hydroxyl groups excluding tert-OH is 1. The number of carbonyl (C=O) groups excluding carboxylic acids is 1. The summed E-state index contributed by atoms with van der Waals surface area (Å²) >= 11 is 1.29. The van der Waals surface area contributed by atoms with Crippen LogP contribution in [0.15, 0.2) is 36.4 Å². The van der Waals surface area contributed by atoms with Gasteiger partial charge in [-0.3, -0.25) is 9.78 Å². The third kappa shape index (κ3) is 3.03. The number of hydrogen-bond donors (Lipinski definition) is 2. The standard InChI is InChI=1S/C22H22N4O3S/c1-12-5-4-6-14(23-12)13-7-8-16-15(11-13)26(9-10-29-16)21-24-17-18(30-21)20(28)25-22(2,3)19(17)27/h4-8,11,19,27H,9-10H2,1-3H3,(H,25,28). The SMILES string of the molecule is Cc1cccc(-c2ccc3c(c2)N(c2nc4c(s2)C(=O)NC(C)(C)C4O)CCO3)n1. The normalized spacial score (nSPS) is 19.5. The quantitative estimate of drug-likeness (QED) is 0.656. The number of hydrogen-bond acceptors (Lipinski definition) is 7. The van der Waals surface area contributed by atoms with Gasteiger partial charge in [0.15, 0.2) is 5.13 Å². The maximum absolute atomic E-state index is 12.6. The number of rotatable bonds is 2. The molecule has 3 aromatic rings. The highest BCUT2D eigenvalue weighted by Gasteiger charge is 2.42. The molecule has 0 saturated heterocycles. The molecule has 0 radical (unpaired) electrons. The van der Waals surface area contributed by atoms with Crippen LogP contribution in [0.5, 0.6) is 5.75 Å². The Morgan fingerprint density at radius 3 is 2.90 bits per heavy atom. The molecular formula is C22H22N4O3S. The molecule has 2 aliphatic heterocycles. The molecule has 1 amide bonds. The predicted molar refractivity (Wildman–Crippen MR) is 116 cm³/mol. The summed E-state index contributed by atoms with van der Waals surface area (Å²) in [7, 11) is 0. The van der Waals surface area contributed by atoms with Gasteiger partial charge in [0.1, 0.15) is 23.3 Å². The Morgan fingerprint density at radius 2 is 2.10 bits per heavy atom. The molecule has 30 heavy (non-hydrogen) atoms. The number of anilines is 2. The van der Waals surface area contributed by atoms with Crippen LogP contribution in [-0.4, -0.2) is 39.7 Å². The number of nitrogens with one attached hydrogen (secondary N) is 1. The lowest BCUT2D eigenvalue weighted by molar-refractivity contribution is 0.0533. The lowest BCUT2D eigenvalue weighted by Crippen LogP contribution is -2.51. The Labute approximate surface area is 178 Å². The molecule has 2 N–H and O–H groups in total. The summed E-state index contributed by atoms with van der Waals surface area (Å²) in [5, 5.41) is 14.2. The van der Waals surface area contributed by atoms with Crippen molar-refractivity contribution in [3.05, 3.63) is 52.7 Å². The summed E-state index contributed by atoms with van der Waals surface area (Å²) < 4.78 is 5.85. The van der Waals surface area contributed by atoms with Crippen molar-refractivity contribution in [3.63, 3.8) is 0 Å². The third-order valence-corrected chi connectivity index (χ3v) is 6.56. The summed E-state index contributed by atoms with van der Waals surface area (Å²) in [6.07, 6.45) is -0.862. The average molecular weight is 423 g/mol. The largest absolute Gasteiger partial charge is 0.490 e. The first-order valence-corrected chi connectivity index (χ1v) is 10.6. The van der Waals surface area contributed by atoms with Crippen LogP contribution in [0.4, 0.5) is 10.8 Å². The minimum absolute atomic E-state index is 0.199. The summed E-state index contributed by atoms with van der Waals surface area (Å²) in [6, 6.07) is 11.9. The predicted octanol–water partition coefficient (Wildman–Crippen LogP) is 3.60. The van der Waals surface area contributed by atoms with Crippen molar-refractivity contribution in [3.8, 4) is 17.0 Å². The molecule has 0 saturated carbocycles. The van der Waals surface area contributed by atoms with E-state index in [0.29, 0.717) is 28.9 Å². The highest BCUT2D eigenvalue weighted by molar-refractivity contribution is 7.17. The fourth-order valence-electron chi connectivity index (χ4n) is 3.82. The Bertz CT molecular complexity index is 1160. The number of fused-ring (bicyclic) bond motifs is 2. The van der Waals surface area contributed by atoms with Crippen molar-refractivity contribution in [2.45, 2.75) is 32.4 Å². The molecule has 0 aliphatic carbocycles. The van der Waals surface area contributed by atoms with E-state index in [1.54, 1.807) is 13.8 Å². The van der Waals surface area contributed by atoms with Crippen LogP contribution in [0.2, 0.25) is 0 Å². The zero-order valence-electron chi connectivity index (χ0n) is 17.0. The van der Waals surface area contributed by atoms with Gasteiger partial charge in [-0.25, -0.2) is 4.98 Å². The lowest BCUT2D eigenvalue weighted by atomic mass is 9.91. The number of benzene rings is 1. The molecule has 8 heteroatoms. The van der Waals surface area contributed by atoms with Gasteiger partial charge in [0.2, 0.25) is 0 Å². The second-order valence-electron chi connectivity index (χ2n) is 8.14. The van der Waals surface area contributed by atoms with Gasteiger partial charge in [0, 0.05) is 11.3 Å². The Morgan fingerprint density at radius 1 is 1.27 bits per heavy atom. The van der Waals surface area contributed by atoms with E-state index in [4.69, 9.17) is 4.74 Å². The van der Waals surface area contributed by atoms with E-state index in [1.165, 1.54) is 11.3 Å². The van der Waals surface area contributed by atoms with Gasteiger partial charge in [0.25, 0.3) is 5.91 Å². The van der Waals surface area contributed by atoms with Gasteiger partial charge in [-0.1, -0.05) is 17.4 Å². The van der Waals surface area contributed by atoms with Gasteiger partial charge in [-0.2, -0.15) is 0 Å². The van der Waals surface area contributed by atoms with Gasteiger partial charge >= 0.3 is 0 Å². The minimum atomic E-state index is -0.862. The van der Waals surface area contributed by atoms with Crippen LogP contribution in [-0.2, 0) is 0 Å². The molecule has 2 aromatic heterocycles. The molecule has 7 nitrogen and oxygen atoms in total. The zero-order chi connectivity index (χ0) is 21.0. The van der Waals surface area contributed by atoms with Crippen LogP contribution in [0.1, 0.15) is 41.0 Å². The van der Waals surface area contributed by atoms with Gasteiger partial charge < -0.3 is 20.1 Å². The monoisotopic (exact) mass is 422 g/mol. The van der Waals surface area contributed by atoms with Crippen LogP contribution in [0.25, 0.3) is 11.3 Å². The molecule has 0 spiro atoms. The van der Waals surface area contributed by atoms with E-state index < -0.39 is 11.6 Å². The van der Waals surface area contributed by atoms with Crippen LogP contribution >= 0.6 is 11.3 Å². The number of amides is 1. The van der Waals surface area contributed by atoms with E-state index in [-0.39, 0.29) is 5.91 Å². The maximum atomic E-state index is 12.6. The fourth-order valence-corrected chi connectivity index (χ4v) is 4.85. The minimum Gasteiger partial charge on any atom is -0.490 e. The highest BCUT2D eigenvalue weighted by atomic mass is 32.1. The second kappa shape index (κ2) is 6.78. The maximum Gasteiger partial charge on any atom is 0.263 e. The molecule has 0 fully saturated rings. The number of carbonyl (C=O) groups is 1. The van der Waals surface area contributed by atoms with E-state index in [0.717, 1.165) is 28.4 Å². The number of aromatic nitrogens is 2. The third-order valence-electron chi connectivity index (χ3n) is 5.46. The smallest absolute Gasteiger partial charge is 0.263 e. The number of pyridine rings is 1. The number of ether oxygens (including phenoxy) is 1. The topological polar surface area (TPSA) is 87.6 Å². The summed E-state index contributed by atoms with van der Waals surface area (Å²) in [6.45, 7) is 6.67. The van der Waals surface area contributed by atoms with Crippen LogP contribution < -0.4 is 15.0 Å². The summed E-state index contributed by atoms with van der Waals surface area (Å²) in [5.74, 6) is 0.561. The van der Waals surface area contributed by atoms with Gasteiger partial charge in [0.05, 0.1) is 29.2 Å². The van der Waals surface area contributed by atoms with Crippen molar-refractivity contribution < 1.29 is 14.6 Å². The van der Waals surface area contributed by atoms with Crippen LogP contribution in [0, 0.1) is 6.92 Å². The summed E-state index contributed by atoms with van der Waals surface area (Å²) in [4.78, 5) is 24.4. The number of thiazole rings is 1. The first kappa shape index (κ1) is 19.0. The van der Waals surface area contributed by atoms with E-state index in [9.17, 15) is 9.90 Å². The highest BCUT2D eigenvalue weighted by Crippen LogP contribution is 2.44. The number of aryl methyl sites for hydroxylation is 1. The average Bonchev–Trinajstić information content (AvgIpc) is 3.17. The van der Waals surface area contributed by atoms with Crippen molar-refractivity contribution in [2.75, 3.05) is 18.1 Å². The van der Waals surface area contributed by atoms with Crippen molar-refractivity contribution in [1.82, 2.24) is 15.3 Å². The molecule has 1 aromatic carbocycles. The Kier molecular flexibility index (Phi) is 4.30. The molecule has 154 valence electrons. The van der Waals surface area contributed by atoms with Crippen molar-refractivity contribution in [2.24, 2.45) is 0 Å². The molecular weight excluding hydrogens is 400 g/mol. The molecule has 2 aliphatic rings. The van der Waals surface area contributed by atoms with Crippen molar-refractivity contribution >= 4 is 28.1 Å². The molecule has 1 unspecified atom stereocenters. The fraction of sp³-hybridized carbons (Fsp3) is 0.318. The first-order valence-electron chi connectivity index (χ1n) is 9.83. The van der Waals surface area contributed by atoms with E-state index in [1.807, 2.05) is 48.2 Å². The molecule has 4 heterocycles. The molecule has 1 atom stereocenters. The summed E-state index contributed by atoms with van der Waals surface area (Å²) in [5.41, 5.74) is 3.37. The van der Waals surface area contributed by atoms with Gasteiger partial charge in [-0.05, 0) is 51.1 Å². The molecule has 5 rings (SSSR count). The van der Waals surface area contributed by atoms with E-state index in [2.05, 4.69) is 15.3 Å². The zero-order valence-corrected chi connectivity index (χ0v) is 17.8.